The van der Waals surface area contributed by atoms with Crippen LogP contribution in [0.15, 0.2) is 41.8 Å². The monoisotopic (exact) mass is 246 g/mol. The lowest BCUT2D eigenvalue weighted by molar-refractivity contribution is 0.104. The molecule has 1 aromatic carbocycles. The topological polar surface area (TPSA) is 57.5 Å². The Kier molecular flexibility index (Phi) is 3.25. The highest BCUT2D eigenvalue weighted by Gasteiger charge is 2.08. The SMILES string of the molecule is O=C(/C=C/c1cccs1)c1cc(O)ccc1O. The van der Waals surface area contributed by atoms with Gasteiger partial charge in [0.2, 0.25) is 0 Å². The van der Waals surface area contributed by atoms with Crippen molar-refractivity contribution >= 4 is 23.2 Å². The third-order valence-corrected chi connectivity index (χ3v) is 3.03. The van der Waals surface area contributed by atoms with Gasteiger partial charge in [0, 0.05) is 4.88 Å². The minimum absolute atomic E-state index is 0.0457. The van der Waals surface area contributed by atoms with Crippen molar-refractivity contribution < 1.29 is 15.0 Å². The Morgan fingerprint density at radius 2 is 2.06 bits per heavy atom. The number of rotatable bonds is 3. The number of benzene rings is 1. The lowest BCUT2D eigenvalue weighted by Gasteiger charge is -2.00. The molecule has 0 fully saturated rings. The molecule has 2 rings (SSSR count). The van der Waals surface area contributed by atoms with Crippen LogP contribution >= 0.6 is 11.3 Å². The molecule has 0 atom stereocenters. The second kappa shape index (κ2) is 4.84. The van der Waals surface area contributed by atoms with E-state index < -0.39 is 0 Å². The van der Waals surface area contributed by atoms with Gasteiger partial charge in [-0.3, -0.25) is 4.79 Å². The zero-order valence-corrected chi connectivity index (χ0v) is 9.65. The van der Waals surface area contributed by atoms with Crippen molar-refractivity contribution in [3.05, 3.63) is 52.2 Å². The lowest BCUT2D eigenvalue weighted by atomic mass is 10.1. The Morgan fingerprint density at radius 3 is 2.76 bits per heavy atom. The second-order valence-electron chi connectivity index (χ2n) is 3.41. The van der Waals surface area contributed by atoms with Crippen LogP contribution in [0.1, 0.15) is 15.2 Å². The molecule has 0 aliphatic rings. The van der Waals surface area contributed by atoms with Gasteiger partial charge in [-0.05, 0) is 41.8 Å². The molecule has 0 unspecified atom stereocenters. The van der Waals surface area contributed by atoms with Crippen LogP contribution in [0.3, 0.4) is 0 Å². The van der Waals surface area contributed by atoms with Crippen LogP contribution in [0.5, 0.6) is 11.5 Å². The number of hydrogen-bond donors (Lipinski definition) is 2. The van der Waals surface area contributed by atoms with E-state index in [1.807, 2.05) is 17.5 Å². The summed E-state index contributed by atoms with van der Waals surface area (Å²) in [4.78, 5) is 12.7. The molecule has 1 aromatic heterocycles. The number of phenols is 2. The van der Waals surface area contributed by atoms with Crippen molar-refractivity contribution in [2.75, 3.05) is 0 Å². The number of ketones is 1. The summed E-state index contributed by atoms with van der Waals surface area (Å²) in [5.41, 5.74) is 0.0952. The van der Waals surface area contributed by atoms with Crippen LogP contribution in [0, 0.1) is 0 Å². The maximum Gasteiger partial charge on any atom is 0.189 e. The van der Waals surface area contributed by atoms with E-state index in [-0.39, 0.29) is 22.8 Å². The maximum absolute atomic E-state index is 11.8. The zero-order valence-electron chi connectivity index (χ0n) is 8.83. The molecule has 0 radical (unpaired) electrons. The van der Waals surface area contributed by atoms with E-state index in [4.69, 9.17) is 0 Å². The number of aromatic hydroxyl groups is 2. The van der Waals surface area contributed by atoms with Crippen molar-refractivity contribution in [2.24, 2.45) is 0 Å². The normalized spacial score (nSPS) is 10.8. The summed E-state index contributed by atoms with van der Waals surface area (Å²) < 4.78 is 0. The van der Waals surface area contributed by atoms with Crippen molar-refractivity contribution in [3.8, 4) is 11.5 Å². The van der Waals surface area contributed by atoms with Crippen molar-refractivity contribution in [1.29, 1.82) is 0 Å². The Morgan fingerprint density at radius 1 is 1.24 bits per heavy atom. The summed E-state index contributed by atoms with van der Waals surface area (Å²) in [6.45, 7) is 0. The molecule has 0 bridgehead atoms. The number of phenolic OH excluding ortho intramolecular Hbond substituents is 2. The van der Waals surface area contributed by atoms with Crippen LogP contribution < -0.4 is 0 Å². The Labute approximate surface area is 102 Å². The van der Waals surface area contributed by atoms with Gasteiger partial charge >= 0.3 is 0 Å². The largest absolute Gasteiger partial charge is 0.508 e. The molecule has 17 heavy (non-hydrogen) atoms. The number of hydrogen-bond acceptors (Lipinski definition) is 4. The summed E-state index contributed by atoms with van der Waals surface area (Å²) in [5, 5.41) is 20.7. The van der Waals surface area contributed by atoms with E-state index in [0.717, 1.165) is 4.88 Å². The second-order valence-corrected chi connectivity index (χ2v) is 4.39. The average Bonchev–Trinajstić information content (AvgIpc) is 2.82. The van der Waals surface area contributed by atoms with Crippen molar-refractivity contribution in [2.45, 2.75) is 0 Å². The first-order valence-corrected chi connectivity index (χ1v) is 5.82. The summed E-state index contributed by atoms with van der Waals surface area (Å²) in [6.07, 6.45) is 3.05. The molecule has 2 aromatic rings. The number of carbonyl (C=O) groups is 1. The van der Waals surface area contributed by atoms with E-state index >= 15 is 0 Å². The van der Waals surface area contributed by atoms with Crippen LogP contribution in [-0.4, -0.2) is 16.0 Å². The Bertz CT molecular complexity index is 556. The molecular weight excluding hydrogens is 236 g/mol. The minimum Gasteiger partial charge on any atom is -0.508 e. The molecule has 0 amide bonds. The van der Waals surface area contributed by atoms with Gasteiger partial charge in [0.25, 0.3) is 0 Å². The molecule has 0 aliphatic heterocycles. The summed E-state index contributed by atoms with van der Waals surface area (Å²) in [7, 11) is 0. The quantitative estimate of drug-likeness (QED) is 0.497. The van der Waals surface area contributed by atoms with Gasteiger partial charge in [-0.1, -0.05) is 6.07 Å². The molecular formula is C13H10O3S. The summed E-state index contributed by atoms with van der Waals surface area (Å²) >= 11 is 1.52. The highest BCUT2D eigenvalue weighted by molar-refractivity contribution is 7.10. The first kappa shape index (κ1) is 11.4. The molecule has 1 heterocycles. The smallest absolute Gasteiger partial charge is 0.189 e. The van der Waals surface area contributed by atoms with Crippen molar-refractivity contribution in [3.63, 3.8) is 0 Å². The molecule has 2 N–H and O–H groups in total. The van der Waals surface area contributed by atoms with Gasteiger partial charge in [-0.2, -0.15) is 0 Å². The first-order chi connectivity index (χ1) is 8.16. The molecule has 0 saturated carbocycles. The predicted octanol–water partition coefficient (Wildman–Crippen LogP) is 3.06. The molecule has 86 valence electrons. The van der Waals surface area contributed by atoms with Gasteiger partial charge in [0.05, 0.1) is 5.56 Å². The van der Waals surface area contributed by atoms with Crippen molar-refractivity contribution in [1.82, 2.24) is 0 Å². The number of allylic oxidation sites excluding steroid dienone is 1. The van der Waals surface area contributed by atoms with Gasteiger partial charge in [-0.25, -0.2) is 0 Å². The lowest BCUT2D eigenvalue weighted by Crippen LogP contribution is -1.94. The third kappa shape index (κ3) is 2.73. The molecule has 0 spiro atoms. The van der Waals surface area contributed by atoms with Gasteiger partial charge in [0.1, 0.15) is 11.5 Å². The van der Waals surface area contributed by atoms with E-state index in [1.54, 1.807) is 6.08 Å². The number of thiophene rings is 1. The minimum atomic E-state index is -0.341. The fourth-order valence-electron chi connectivity index (χ4n) is 1.36. The fraction of sp³-hybridized carbons (Fsp3) is 0. The molecule has 0 saturated heterocycles. The van der Waals surface area contributed by atoms with Gasteiger partial charge < -0.3 is 10.2 Å². The van der Waals surface area contributed by atoms with Crippen LogP contribution in [-0.2, 0) is 0 Å². The molecule has 0 aliphatic carbocycles. The summed E-state index contributed by atoms with van der Waals surface area (Å²) in [6, 6.07) is 7.64. The average molecular weight is 246 g/mol. The zero-order chi connectivity index (χ0) is 12.3. The summed E-state index contributed by atoms with van der Waals surface area (Å²) in [5.74, 6) is -0.522. The third-order valence-electron chi connectivity index (χ3n) is 2.19. The van der Waals surface area contributed by atoms with E-state index in [2.05, 4.69) is 0 Å². The van der Waals surface area contributed by atoms with Crippen LogP contribution in [0.25, 0.3) is 6.08 Å². The van der Waals surface area contributed by atoms with Crippen LogP contribution in [0.4, 0.5) is 0 Å². The van der Waals surface area contributed by atoms with E-state index in [1.165, 1.54) is 35.6 Å². The fourth-order valence-corrected chi connectivity index (χ4v) is 1.97. The van der Waals surface area contributed by atoms with E-state index in [9.17, 15) is 15.0 Å². The highest BCUT2D eigenvalue weighted by Crippen LogP contribution is 2.23. The first-order valence-electron chi connectivity index (χ1n) is 4.95. The molecule has 4 heteroatoms. The van der Waals surface area contributed by atoms with Gasteiger partial charge in [0.15, 0.2) is 5.78 Å². The maximum atomic E-state index is 11.8. The predicted molar refractivity (Wildman–Crippen MR) is 67.5 cm³/mol. The Balaban J connectivity index is 2.23. The molecule has 3 nitrogen and oxygen atoms in total. The number of carbonyl (C=O) groups excluding carboxylic acids is 1. The van der Waals surface area contributed by atoms with Gasteiger partial charge in [-0.15, -0.1) is 11.3 Å². The van der Waals surface area contributed by atoms with E-state index in [0.29, 0.717) is 0 Å². The highest BCUT2D eigenvalue weighted by atomic mass is 32.1. The Hall–Kier alpha value is -2.07. The van der Waals surface area contributed by atoms with Crippen LogP contribution in [0.2, 0.25) is 0 Å². The standard InChI is InChI=1S/C13H10O3S/c14-9-3-5-12(15)11(8-9)13(16)6-4-10-2-1-7-17-10/h1-8,14-15H/b6-4+.